The third-order valence-electron chi connectivity index (χ3n) is 4.12. The highest BCUT2D eigenvalue weighted by Crippen LogP contribution is 2.23. The fourth-order valence-corrected chi connectivity index (χ4v) is 2.67. The zero-order chi connectivity index (χ0) is 18.0. The summed E-state index contributed by atoms with van der Waals surface area (Å²) in [4.78, 5) is 18.6. The van der Waals surface area contributed by atoms with Crippen molar-refractivity contribution in [2.24, 2.45) is 0 Å². The summed E-state index contributed by atoms with van der Waals surface area (Å²) >= 11 is 0. The molecule has 0 aliphatic heterocycles. The quantitative estimate of drug-likeness (QED) is 0.769. The van der Waals surface area contributed by atoms with E-state index in [2.05, 4.69) is 4.98 Å². The molecule has 25 heavy (non-hydrogen) atoms. The predicted octanol–water partition coefficient (Wildman–Crippen LogP) is 3.76. The van der Waals surface area contributed by atoms with Crippen molar-refractivity contribution in [1.82, 2.24) is 9.88 Å². The first-order chi connectivity index (χ1) is 12.0. The minimum Gasteiger partial charge on any atom is -0.440 e. The first kappa shape index (κ1) is 17.2. The summed E-state index contributed by atoms with van der Waals surface area (Å²) in [7, 11) is 1.68. The molecule has 0 aliphatic carbocycles. The summed E-state index contributed by atoms with van der Waals surface area (Å²) in [5.41, 5.74) is 2.66. The van der Waals surface area contributed by atoms with Gasteiger partial charge in [0.2, 0.25) is 0 Å². The Balaban J connectivity index is 1.76. The number of benzene rings is 2. The van der Waals surface area contributed by atoms with Gasteiger partial charge in [-0.05, 0) is 23.8 Å². The maximum Gasteiger partial charge on any atom is 0.253 e. The molecule has 1 aromatic heterocycles. The third-order valence-corrected chi connectivity index (χ3v) is 4.12. The first-order valence-electron chi connectivity index (χ1n) is 8.34. The van der Waals surface area contributed by atoms with Gasteiger partial charge in [0, 0.05) is 18.5 Å². The number of rotatable bonds is 5. The van der Waals surface area contributed by atoms with Crippen LogP contribution in [0.3, 0.4) is 0 Å². The second-order valence-electron chi connectivity index (χ2n) is 6.50. The molecule has 0 unspecified atom stereocenters. The Morgan fingerprint density at radius 3 is 2.60 bits per heavy atom. The van der Waals surface area contributed by atoms with Gasteiger partial charge in [0.25, 0.3) is 5.91 Å². The number of likely N-dealkylation sites (N-methyl/N-ethyl adjacent to an activating group) is 1. The van der Waals surface area contributed by atoms with Crippen LogP contribution in [0.1, 0.15) is 47.7 Å². The van der Waals surface area contributed by atoms with Crippen molar-refractivity contribution >= 4 is 17.0 Å². The molecular formula is C20H22N2O3. The number of amides is 1. The van der Waals surface area contributed by atoms with Gasteiger partial charge in [0.05, 0.1) is 12.6 Å². The summed E-state index contributed by atoms with van der Waals surface area (Å²) in [6.45, 7) is 4.24. The monoisotopic (exact) mass is 338 g/mol. The zero-order valence-corrected chi connectivity index (χ0v) is 14.6. The second kappa shape index (κ2) is 7.07. The van der Waals surface area contributed by atoms with E-state index >= 15 is 0 Å². The average molecular weight is 338 g/mol. The van der Waals surface area contributed by atoms with E-state index in [1.165, 1.54) is 4.90 Å². The molecule has 130 valence electrons. The van der Waals surface area contributed by atoms with Crippen LogP contribution in [0.5, 0.6) is 0 Å². The number of nitrogens with zero attached hydrogens (tertiary/aromatic N) is 2. The normalized spacial score (nSPS) is 12.5. The van der Waals surface area contributed by atoms with Gasteiger partial charge < -0.3 is 14.4 Å². The van der Waals surface area contributed by atoms with Crippen molar-refractivity contribution < 1.29 is 14.3 Å². The van der Waals surface area contributed by atoms with Crippen molar-refractivity contribution in [2.45, 2.75) is 25.9 Å². The van der Waals surface area contributed by atoms with Crippen LogP contribution in [-0.2, 0) is 0 Å². The number of carbonyl (C=O) groups excluding carboxylic acids is 1. The van der Waals surface area contributed by atoms with E-state index in [1.54, 1.807) is 25.2 Å². The highest BCUT2D eigenvalue weighted by atomic mass is 16.3. The van der Waals surface area contributed by atoms with Gasteiger partial charge in [-0.1, -0.05) is 44.2 Å². The van der Waals surface area contributed by atoms with Gasteiger partial charge in [-0.3, -0.25) is 4.79 Å². The van der Waals surface area contributed by atoms with E-state index in [0.29, 0.717) is 22.6 Å². The molecule has 5 nitrogen and oxygen atoms in total. The number of aliphatic hydroxyl groups is 1. The van der Waals surface area contributed by atoms with Crippen molar-refractivity contribution in [1.29, 1.82) is 0 Å². The minimum absolute atomic E-state index is 0.161. The van der Waals surface area contributed by atoms with Crippen LogP contribution >= 0.6 is 0 Å². The lowest BCUT2D eigenvalue weighted by molar-refractivity contribution is 0.0681. The van der Waals surface area contributed by atoms with Gasteiger partial charge in [0.15, 0.2) is 11.5 Å². The number of carbonyl (C=O) groups is 1. The highest BCUT2D eigenvalue weighted by Gasteiger charge is 2.18. The summed E-state index contributed by atoms with van der Waals surface area (Å²) < 4.78 is 5.67. The molecule has 0 saturated heterocycles. The van der Waals surface area contributed by atoms with Gasteiger partial charge in [0.1, 0.15) is 5.52 Å². The smallest absolute Gasteiger partial charge is 0.253 e. The van der Waals surface area contributed by atoms with Crippen molar-refractivity contribution in [3.8, 4) is 0 Å². The lowest BCUT2D eigenvalue weighted by Gasteiger charge is -2.21. The molecule has 3 rings (SSSR count). The largest absolute Gasteiger partial charge is 0.440 e. The highest BCUT2D eigenvalue weighted by molar-refractivity contribution is 5.97. The molecule has 3 aromatic rings. The fourth-order valence-electron chi connectivity index (χ4n) is 2.67. The molecule has 0 radical (unpaired) electrons. The molecule has 0 saturated carbocycles. The molecular weight excluding hydrogens is 316 g/mol. The fraction of sp³-hybridized carbons (Fsp3) is 0.300. The Hall–Kier alpha value is -2.66. The zero-order valence-electron chi connectivity index (χ0n) is 14.6. The number of aliphatic hydroxyl groups excluding tert-OH is 1. The van der Waals surface area contributed by atoms with Crippen LogP contribution in [0.15, 0.2) is 52.9 Å². The molecule has 5 heteroatoms. The molecule has 0 aliphatic rings. The molecule has 1 amide bonds. The molecule has 0 bridgehead atoms. The van der Waals surface area contributed by atoms with Crippen LogP contribution in [0.2, 0.25) is 0 Å². The second-order valence-corrected chi connectivity index (χ2v) is 6.50. The maximum absolute atomic E-state index is 12.7. The number of fused-ring (bicyclic) bond motifs is 1. The van der Waals surface area contributed by atoms with Crippen molar-refractivity contribution in [3.05, 3.63) is 65.5 Å². The number of hydrogen-bond donors (Lipinski definition) is 1. The van der Waals surface area contributed by atoms with Gasteiger partial charge in [-0.25, -0.2) is 4.98 Å². The van der Waals surface area contributed by atoms with E-state index in [0.717, 1.165) is 5.56 Å². The predicted molar refractivity (Wildman–Crippen MR) is 96.5 cm³/mol. The lowest BCUT2D eigenvalue weighted by Crippen LogP contribution is -2.31. The standard InChI is InChI=1S/C20H22N2O3/c1-13(2)19-21-16-11-15(9-10-18(16)25-19)20(24)22(3)12-17(23)14-7-5-4-6-8-14/h4-11,13,17,23H,12H2,1-3H3/t17-/m0/s1. The lowest BCUT2D eigenvalue weighted by atomic mass is 10.1. The maximum atomic E-state index is 12.7. The minimum atomic E-state index is -0.724. The van der Waals surface area contributed by atoms with E-state index in [4.69, 9.17) is 4.42 Å². The first-order valence-corrected chi connectivity index (χ1v) is 8.34. The van der Waals surface area contributed by atoms with Crippen LogP contribution in [0, 0.1) is 0 Å². The SMILES string of the molecule is CC(C)c1nc2cc(C(=O)N(C)C[C@H](O)c3ccccc3)ccc2o1. The summed E-state index contributed by atoms with van der Waals surface area (Å²) in [6, 6.07) is 14.5. The van der Waals surface area contributed by atoms with Crippen molar-refractivity contribution in [2.75, 3.05) is 13.6 Å². The third kappa shape index (κ3) is 3.72. The van der Waals surface area contributed by atoms with Gasteiger partial charge in [-0.15, -0.1) is 0 Å². The average Bonchev–Trinajstić information content (AvgIpc) is 3.05. The van der Waals surface area contributed by atoms with Crippen LogP contribution in [-0.4, -0.2) is 34.5 Å². The van der Waals surface area contributed by atoms with Crippen molar-refractivity contribution in [3.63, 3.8) is 0 Å². The van der Waals surface area contributed by atoms with Gasteiger partial charge >= 0.3 is 0 Å². The van der Waals surface area contributed by atoms with E-state index < -0.39 is 6.10 Å². The Labute approximate surface area is 146 Å². The van der Waals surface area contributed by atoms with E-state index in [9.17, 15) is 9.90 Å². The number of aromatic nitrogens is 1. The molecule has 1 N–H and O–H groups in total. The summed E-state index contributed by atoms with van der Waals surface area (Å²) in [5, 5.41) is 10.3. The summed E-state index contributed by atoms with van der Waals surface area (Å²) in [5.74, 6) is 0.689. The van der Waals surface area contributed by atoms with Crippen LogP contribution in [0.4, 0.5) is 0 Å². The molecule has 1 atom stereocenters. The topological polar surface area (TPSA) is 66.6 Å². The number of hydrogen-bond acceptors (Lipinski definition) is 4. The molecule has 0 spiro atoms. The Bertz CT molecular complexity index is 871. The van der Waals surface area contributed by atoms with Crippen LogP contribution < -0.4 is 0 Å². The van der Waals surface area contributed by atoms with E-state index in [1.807, 2.05) is 44.2 Å². The van der Waals surface area contributed by atoms with Gasteiger partial charge in [-0.2, -0.15) is 0 Å². The Morgan fingerprint density at radius 1 is 1.20 bits per heavy atom. The Kier molecular flexibility index (Phi) is 4.86. The van der Waals surface area contributed by atoms with Crippen LogP contribution in [0.25, 0.3) is 11.1 Å². The van der Waals surface area contributed by atoms with E-state index in [-0.39, 0.29) is 18.4 Å². The molecule has 1 heterocycles. The number of oxazole rings is 1. The Morgan fingerprint density at radius 2 is 1.92 bits per heavy atom. The molecule has 0 fully saturated rings. The molecule has 2 aromatic carbocycles. The summed E-state index contributed by atoms with van der Waals surface area (Å²) in [6.07, 6.45) is -0.724.